The Morgan fingerprint density at radius 2 is 2.25 bits per heavy atom. The SMILES string of the molecule is C=CC[C@H]1CC(C)(C)CC(=O)C1C(=O)OC. The maximum absolute atomic E-state index is 12.0. The van der Waals surface area contributed by atoms with E-state index in [-0.39, 0.29) is 17.1 Å². The average molecular weight is 224 g/mol. The first-order valence-electron chi connectivity index (χ1n) is 5.62. The summed E-state index contributed by atoms with van der Waals surface area (Å²) < 4.78 is 4.71. The van der Waals surface area contributed by atoms with Crippen LogP contribution in [0, 0.1) is 17.3 Å². The molecule has 0 heterocycles. The summed E-state index contributed by atoms with van der Waals surface area (Å²) in [5.41, 5.74) is -0.0186. The highest BCUT2D eigenvalue weighted by Crippen LogP contribution is 2.41. The van der Waals surface area contributed by atoms with Gasteiger partial charge in [0.15, 0.2) is 0 Å². The minimum atomic E-state index is -0.587. The van der Waals surface area contributed by atoms with Gasteiger partial charge in [0.05, 0.1) is 7.11 Å². The lowest BCUT2D eigenvalue weighted by Gasteiger charge is -2.38. The van der Waals surface area contributed by atoms with Crippen molar-refractivity contribution >= 4 is 11.8 Å². The van der Waals surface area contributed by atoms with Crippen LogP contribution in [0.5, 0.6) is 0 Å². The van der Waals surface area contributed by atoms with Crippen molar-refractivity contribution in [2.75, 3.05) is 7.11 Å². The Bertz CT molecular complexity index is 304. The molecule has 2 atom stereocenters. The van der Waals surface area contributed by atoms with Crippen molar-refractivity contribution in [3.8, 4) is 0 Å². The van der Waals surface area contributed by atoms with Crippen molar-refractivity contribution in [3.05, 3.63) is 12.7 Å². The molecule has 0 aliphatic heterocycles. The average Bonchev–Trinajstić information content (AvgIpc) is 2.15. The lowest BCUT2D eigenvalue weighted by atomic mass is 9.65. The van der Waals surface area contributed by atoms with Crippen LogP contribution >= 0.6 is 0 Å². The van der Waals surface area contributed by atoms with Crippen molar-refractivity contribution in [3.63, 3.8) is 0 Å². The Balaban J connectivity index is 2.91. The summed E-state index contributed by atoms with van der Waals surface area (Å²) in [6.45, 7) is 7.81. The highest BCUT2D eigenvalue weighted by Gasteiger charge is 2.44. The van der Waals surface area contributed by atoms with Gasteiger partial charge in [-0.25, -0.2) is 0 Å². The van der Waals surface area contributed by atoms with Crippen LogP contribution in [-0.4, -0.2) is 18.9 Å². The molecule has 1 unspecified atom stereocenters. The van der Waals surface area contributed by atoms with Crippen molar-refractivity contribution in [1.29, 1.82) is 0 Å². The molecule has 0 saturated heterocycles. The normalized spacial score (nSPS) is 28.6. The Morgan fingerprint density at radius 1 is 1.62 bits per heavy atom. The van der Waals surface area contributed by atoms with E-state index in [1.54, 1.807) is 6.08 Å². The van der Waals surface area contributed by atoms with E-state index in [0.29, 0.717) is 12.8 Å². The highest BCUT2D eigenvalue weighted by molar-refractivity contribution is 6.00. The molecule has 3 heteroatoms. The van der Waals surface area contributed by atoms with Crippen LogP contribution in [-0.2, 0) is 14.3 Å². The van der Waals surface area contributed by atoms with Gasteiger partial charge in [-0.1, -0.05) is 19.9 Å². The number of esters is 1. The second-order valence-electron chi connectivity index (χ2n) is 5.30. The third-order valence-corrected chi connectivity index (χ3v) is 3.21. The van der Waals surface area contributed by atoms with Gasteiger partial charge in [0.25, 0.3) is 0 Å². The summed E-state index contributed by atoms with van der Waals surface area (Å²) in [6.07, 6.45) is 3.79. The minimum absolute atomic E-state index is 0.00921. The third-order valence-electron chi connectivity index (χ3n) is 3.21. The molecule has 0 amide bonds. The van der Waals surface area contributed by atoms with Gasteiger partial charge < -0.3 is 4.74 Å². The van der Waals surface area contributed by atoms with E-state index in [1.165, 1.54) is 7.11 Å². The lowest BCUT2D eigenvalue weighted by molar-refractivity contribution is -0.155. The second kappa shape index (κ2) is 4.81. The van der Waals surface area contributed by atoms with Crippen LogP contribution in [0.4, 0.5) is 0 Å². The molecular weight excluding hydrogens is 204 g/mol. The van der Waals surface area contributed by atoms with Crippen molar-refractivity contribution in [2.24, 2.45) is 17.3 Å². The van der Waals surface area contributed by atoms with Crippen LogP contribution in [0.2, 0.25) is 0 Å². The zero-order valence-corrected chi connectivity index (χ0v) is 10.3. The molecule has 90 valence electrons. The van der Waals surface area contributed by atoms with Crippen LogP contribution in [0.1, 0.15) is 33.1 Å². The van der Waals surface area contributed by atoms with Gasteiger partial charge in [0.2, 0.25) is 0 Å². The number of Topliss-reactive ketones (excluding diaryl/α,β-unsaturated/α-hetero) is 1. The maximum Gasteiger partial charge on any atom is 0.316 e. The lowest BCUT2D eigenvalue weighted by Crippen LogP contribution is -2.41. The molecule has 3 nitrogen and oxygen atoms in total. The van der Waals surface area contributed by atoms with Crippen LogP contribution < -0.4 is 0 Å². The number of carbonyl (C=O) groups excluding carboxylic acids is 2. The van der Waals surface area contributed by atoms with Crippen molar-refractivity contribution < 1.29 is 14.3 Å². The molecule has 0 spiro atoms. The number of ketones is 1. The smallest absolute Gasteiger partial charge is 0.316 e. The minimum Gasteiger partial charge on any atom is -0.468 e. The van der Waals surface area contributed by atoms with Gasteiger partial charge in [-0.15, -0.1) is 6.58 Å². The second-order valence-corrected chi connectivity index (χ2v) is 5.30. The zero-order valence-electron chi connectivity index (χ0n) is 10.3. The molecule has 0 radical (unpaired) electrons. The summed E-state index contributed by atoms with van der Waals surface area (Å²) >= 11 is 0. The third kappa shape index (κ3) is 2.71. The van der Waals surface area contributed by atoms with Crippen LogP contribution in [0.3, 0.4) is 0 Å². The molecule has 1 rings (SSSR count). The molecule has 0 N–H and O–H groups in total. The van der Waals surface area contributed by atoms with Crippen molar-refractivity contribution in [2.45, 2.75) is 33.1 Å². The van der Waals surface area contributed by atoms with Gasteiger partial charge in [-0.05, 0) is 24.2 Å². The van der Waals surface area contributed by atoms with E-state index in [2.05, 4.69) is 20.4 Å². The largest absolute Gasteiger partial charge is 0.468 e. The summed E-state index contributed by atoms with van der Waals surface area (Å²) in [4.78, 5) is 23.6. The summed E-state index contributed by atoms with van der Waals surface area (Å²) in [6, 6.07) is 0. The number of rotatable bonds is 3. The number of ether oxygens (including phenoxy) is 1. The fourth-order valence-electron chi connectivity index (χ4n) is 2.63. The van der Waals surface area contributed by atoms with Gasteiger partial charge >= 0.3 is 5.97 Å². The molecule has 1 aliphatic carbocycles. The Labute approximate surface area is 96.9 Å². The molecular formula is C13H20O3. The first-order chi connectivity index (χ1) is 7.41. The fourth-order valence-corrected chi connectivity index (χ4v) is 2.63. The van der Waals surface area contributed by atoms with Gasteiger partial charge in [0.1, 0.15) is 11.7 Å². The fraction of sp³-hybridized carbons (Fsp3) is 0.692. The van der Waals surface area contributed by atoms with Crippen LogP contribution in [0.15, 0.2) is 12.7 Å². The van der Waals surface area contributed by atoms with Gasteiger partial charge in [-0.2, -0.15) is 0 Å². The number of allylic oxidation sites excluding steroid dienone is 1. The maximum atomic E-state index is 12.0. The van der Waals surface area contributed by atoms with E-state index in [4.69, 9.17) is 4.74 Å². The standard InChI is InChI=1S/C13H20O3/c1-5-6-9-7-13(2,3)8-10(14)11(9)12(15)16-4/h5,9,11H,1,6-8H2,2-4H3/t9-,11?/m0/s1. The molecule has 0 aromatic carbocycles. The molecule has 0 aromatic heterocycles. The summed E-state index contributed by atoms with van der Waals surface area (Å²) in [5, 5.41) is 0. The number of methoxy groups -OCH3 is 1. The first kappa shape index (κ1) is 12.9. The molecule has 1 fully saturated rings. The number of hydrogen-bond donors (Lipinski definition) is 0. The van der Waals surface area contributed by atoms with E-state index >= 15 is 0 Å². The first-order valence-corrected chi connectivity index (χ1v) is 5.62. The molecule has 0 bridgehead atoms. The predicted octanol–water partition coefficient (Wildman–Crippen LogP) is 2.36. The van der Waals surface area contributed by atoms with E-state index in [0.717, 1.165) is 6.42 Å². The van der Waals surface area contributed by atoms with E-state index in [1.807, 2.05) is 0 Å². The van der Waals surface area contributed by atoms with Gasteiger partial charge in [-0.3, -0.25) is 9.59 Å². The molecule has 1 aliphatic rings. The summed E-state index contributed by atoms with van der Waals surface area (Å²) in [7, 11) is 1.33. The highest BCUT2D eigenvalue weighted by atomic mass is 16.5. The number of hydrogen-bond acceptors (Lipinski definition) is 3. The Kier molecular flexibility index (Phi) is 3.89. The molecule has 1 saturated carbocycles. The zero-order chi connectivity index (χ0) is 12.3. The molecule has 0 aromatic rings. The number of carbonyl (C=O) groups is 2. The van der Waals surface area contributed by atoms with E-state index < -0.39 is 11.9 Å². The Morgan fingerprint density at radius 3 is 2.75 bits per heavy atom. The van der Waals surface area contributed by atoms with Crippen molar-refractivity contribution in [1.82, 2.24) is 0 Å². The molecule has 16 heavy (non-hydrogen) atoms. The van der Waals surface area contributed by atoms with E-state index in [9.17, 15) is 9.59 Å². The Hall–Kier alpha value is -1.12. The monoisotopic (exact) mass is 224 g/mol. The summed E-state index contributed by atoms with van der Waals surface area (Å²) in [5.74, 6) is -0.931. The quantitative estimate of drug-likeness (QED) is 0.420. The predicted molar refractivity (Wildman–Crippen MR) is 61.8 cm³/mol. The van der Waals surface area contributed by atoms with Gasteiger partial charge in [0, 0.05) is 6.42 Å². The topological polar surface area (TPSA) is 43.4 Å². The van der Waals surface area contributed by atoms with Crippen LogP contribution in [0.25, 0.3) is 0 Å².